The minimum atomic E-state index is -0.289. The molecule has 1 N–H and O–H groups in total. The fourth-order valence-corrected chi connectivity index (χ4v) is 4.07. The van der Waals surface area contributed by atoms with Gasteiger partial charge in [-0.3, -0.25) is 14.4 Å². The predicted octanol–water partition coefficient (Wildman–Crippen LogP) is 2.26. The molecule has 0 spiro atoms. The number of hydrogen-bond donors (Lipinski definition) is 1. The SMILES string of the molecule is Cc1ccccc1CNC(=O)c1ccc(CN2CC(=O)N3CCC[C@H]3C2=O)cc1. The van der Waals surface area contributed by atoms with E-state index < -0.39 is 0 Å². The van der Waals surface area contributed by atoms with Gasteiger partial charge in [0, 0.05) is 25.2 Å². The zero-order valence-corrected chi connectivity index (χ0v) is 16.6. The van der Waals surface area contributed by atoms with Crippen molar-refractivity contribution >= 4 is 17.7 Å². The van der Waals surface area contributed by atoms with Gasteiger partial charge in [-0.2, -0.15) is 0 Å². The number of fused-ring (bicyclic) bond motifs is 1. The van der Waals surface area contributed by atoms with Crippen LogP contribution in [-0.4, -0.2) is 46.7 Å². The second-order valence-electron chi connectivity index (χ2n) is 7.75. The van der Waals surface area contributed by atoms with Crippen LogP contribution in [-0.2, 0) is 22.7 Å². The Morgan fingerprint density at radius 3 is 2.62 bits per heavy atom. The van der Waals surface area contributed by atoms with E-state index in [2.05, 4.69) is 5.32 Å². The maximum atomic E-state index is 12.6. The monoisotopic (exact) mass is 391 g/mol. The second-order valence-corrected chi connectivity index (χ2v) is 7.75. The number of amides is 3. The summed E-state index contributed by atoms with van der Waals surface area (Å²) in [4.78, 5) is 40.7. The summed E-state index contributed by atoms with van der Waals surface area (Å²) in [6.45, 7) is 3.71. The zero-order valence-electron chi connectivity index (χ0n) is 16.6. The normalized spacial score (nSPS) is 18.7. The molecule has 4 rings (SSSR count). The van der Waals surface area contributed by atoms with Crippen LogP contribution in [0, 0.1) is 6.92 Å². The molecule has 6 nitrogen and oxygen atoms in total. The molecule has 1 atom stereocenters. The first-order valence-corrected chi connectivity index (χ1v) is 10.0. The van der Waals surface area contributed by atoms with Crippen LogP contribution in [0.5, 0.6) is 0 Å². The molecule has 2 aromatic carbocycles. The average molecular weight is 391 g/mol. The number of nitrogens with one attached hydrogen (secondary N) is 1. The highest BCUT2D eigenvalue weighted by molar-refractivity contribution is 5.95. The predicted molar refractivity (Wildman–Crippen MR) is 109 cm³/mol. The molecule has 2 aromatic rings. The molecule has 29 heavy (non-hydrogen) atoms. The van der Waals surface area contributed by atoms with E-state index in [9.17, 15) is 14.4 Å². The van der Waals surface area contributed by atoms with E-state index in [0.29, 0.717) is 25.2 Å². The molecule has 0 radical (unpaired) electrons. The van der Waals surface area contributed by atoms with Crippen LogP contribution in [0.4, 0.5) is 0 Å². The average Bonchev–Trinajstić information content (AvgIpc) is 3.22. The largest absolute Gasteiger partial charge is 0.348 e. The standard InChI is InChI=1S/C23H25N3O3/c1-16-5-2-3-6-19(16)13-24-22(28)18-10-8-17(9-11-18)14-25-15-21(27)26-12-4-7-20(26)23(25)29/h2-3,5-6,8-11,20H,4,7,12-15H2,1H3,(H,24,28)/t20-/m0/s1. The number of benzene rings is 2. The number of carbonyl (C=O) groups excluding carboxylic acids is 3. The van der Waals surface area contributed by atoms with Crippen molar-refractivity contribution in [3.8, 4) is 0 Å². The molecule has 3 amide bonds. The lowest BCUT2D eigenvalue weighted by atomic mass is 10.1. The van der Waals surface area contributed by atoms with Gasteiger partial charge in [-0.05, 0) is 48.6 Å². The first kappa shape index (κ1) is 19.2. The van der Waals surface area contributed by atoms with Crippen LogP contribution in [0.2, 0.25) is 0 Å². The summed E-state index contributed by atoms with van der Waals surface area (Å²) in [6, 6.07) is 14.9. The van der Waals surface area contributed by atoms with Gasteiger partial charge in [0.15, 0.2) is 0 Å². The minimum Gasteiger partial charge on any atom is -0.348 e. The summed E-state index contributed by atoms with van der Waals surface area (Å²) >= 11 is 0. The van der Waals surface area contributed by atoms with E-state index in [1.165, 1.54) is 0 Å². The Kier molecular flexibility index (Phi) is 5.34. The summed E-state index contributed by atoms with van der Waals surface area (Å²) in [7, 11) is 0. The Hall–Kier alpha value is -3.15. The molecule has 0 aromatic heterocycles. The van der Waals surface area contributed by atoms with E-state index in [0.717, 1.165) is 29.5 Å². The first-order chi connectivity index (χ1) is 14.0. The second kappa shape index (κ2) is 8.07. The van der Waals surface area contributed by atoms with Crippen LogP contribution >= 0.6 is 0 Å². The fraction of sp³-hybridized carbons (Fsp3) is 0.348. The van der Waals surface area contributed by atoms with Crippen LogP contribution in [0.1, 0.15) is 39.9 Å². The van der Waals surface area contributed by atoms with Crippen molar-refractivity contribution in [2.75, 3.05) is 13.1 Å². The number of aryl methyl sites for hydroxylation is 1. The fourth-order valence-electron chi connectivity index (χ4n) is 4.07. The van der Waals surface area contributed by atoms with Gasteiger partial charge in [-0.15, -0.1) is 0 Å². The highest BCUT2D eigenvalue weighted by Gasteiger charge is 2.41. The van der Waals surface area contributed by atoms with E-state index in [-0.39, 0.29) is 30.3 Å². The number of piperazine rings is 1. The van der Waals surface area contributed by atoms with Crippen LogP contribution < -0.4 is 5.32 Å². The summed E-state index contributed by atoms with van der Waals surface area (Å²) in [5.41, 5.74) is 3.72. The van der Waals surface area contributed by atoms with Gasteiger partial charge in [0.2, 0.25) is 11.8 Å². The third-order valence-electron chi connectivity index (χ3n) is 5.79. The Bertz CT molecular complexity index is 939. The van der Waals surface area contributed by atoms with Crippen molar-refractivity contribution < 1.29 is 14.4 Å². The molecule has 0 saturated carbocycles. The van der Waals surface area contributed by atoms with Crippen molar-refractivity contribution in [3.05, 3.63) is 70.8 Å². The first-order valence-electron chi connectivity index (χ1n) is 10.0. The van der Waals surface area contributed by atoms with E-state index in [1.807, 2.05) is 43.3 Å². The number of rotatable bonds is 5. The van der Waals surface area contributed by atoms with Crippen molar-refractivity contribution in [3.63, 3.8) is 0 Å². The maximum absolute atomic E-state index is 12.6. The molecule has 2 aliphatic heterocycles. The van der Waals surface area contributed by atoms with Gasteiger partial charge >= 0.3 is 0 Å². The summed E-state index contributed by atoms with van der Waals surface area (Å²) < 4.78 is 0. The third-order valence-corrected chi connectivity index (χ3v) is 5.79. The summed E-state index contributed by atoms with van der Waals surface area (Å²) in [5.74, 6) is -0.0768. The van der Waals surface area contributed by atoms with Gasteiger partial charge < -0.3 is 15.1 Å². The molecule has 6 heteroatoms. The smallest absolute Gasteiger partial charge is 0.251 e. The van der Waals surface area contributed by atoms with Gasteiger partial charge in [-0.1, -0.05) is 36.4 Å². The van der Waals surface area contributed by atoms with E-state index in [1.54, 1.807) is 21.9 Å². The quantitative estimate of drug-likeness (QED) is 0.850. The minimum absolute atomic E-state index is 0.0271. The molecule has 2 heterocycles. The van der Waals surface area contributed by atoms with Crippen LogP contribution in [0.15, 0.2) is 48.5 Å². The van der Waals surface area contributed by atoms with Crippen molar-refractivity contribution in [1.29, 1.82) is 0 Å². The lowest BCUT2D eigenvalue weighted by molar-refractivity contribution is -0.154. The Labute approximate surface area is 170 Å². The molecular formula is C23H25N3O3. The molecule has 150 valence electrons. The van der Waals surface area contributed by atoms with Crippen molar-refractivity contribution in [1.82, 2.24) is 15.1 Å². The Balaban J connectivity index is 1.36. The van der Waals surface area contributed by atoms with Crippen LogP contribution in [0.25, 0.3) is 0 Å². The molecule has 0 unspecified atom stereocenters. The van der Waals surface area contributed by atoms with Gasteiger partial charge in [0.1, 0.15) is 12.6 Å². The molecule has 0 bridgehead atoms. The van der Waals surface area contributed by atoms with Crippen LogP contribution in [0.3, 0.4) is 0 Å². The van der Waals surface area contributed by atoms with Crippen molar-refractivity contribution in [2.45, 2.75) is 38.9 Å². The summed E-state index contributed by atoms with van der Waals surface area (Å²) in [6.07, 6.45) is 1.64. The molecule has 2 saturated heterocycles. The highest BCUT2D eigenvalue weighted by Crippen LogP contribution is 2.24. The lowest BCUT2D eigenvalue weighted by Crippen LogP contribution is -2.56. The maximum Gasteiger partial charge on any atom is 0.251 e. The topological polar surface area (TPSA) is 69.7 Å². The van der Waals surface area contributed by atoms with Gasteiger partial charge in [-0.25, -0.2) is 0 Å². The molecule has 0 aliphatic carbocycles. The lowest BCUT2D eigenvalue weighted by Gasteiger charge is -2.36. The zero-order chi connectivity index (χ0) is 20.4. The third kappa shape index (κ3) is 4.01. The number of carbonyl (C=O) groups is 3. The Morgan fingerprint density at radius 2 is 1.86 bits per heavy atom. The van der Waals surface area contributed by atoms with Gasteiger partial charge in [0.25, 0.3) is 5.91 Å². The Morgan fingerprint density at radius 1 is 1.10 bits per heavy atom. The number of nitrogens with zero attached hydrogens (tertiary/aromatic N) is 2. The van der Waals surface area contributed by atoms with Crippen molar-refractivity contribution in [2.24, 2.45) is 0 Å². The highest BCUT2D eigenvalue weighted by atomic mass is 16.2. The van der Waals surface area contributed by atoms with E-state index >= 15 is 0 Å². The van der Waals surface area contributed by atoms with Gasteiger partial charge in [0.05, 0.1) is 0 Å². The molecule has 2 aliphatic rings. The molecule has 2 fully saturated rings. The molecular weight excluding hydrogens is 366 g/mol. The van der Waals surface area contributed by atoms with E-state index in [4.69, 9.17) is 0 Å². The number of hydrogen-bond acceptors (Lipinski definition) is 3. The summed E-state index contributed by atoms with van der Waals surface area (Å²) in [5, 5.41) is 2.94.